The number of anilines is 1. The number of fused-ring (bicyclic) bond motifs is 5. The normalized spacial score (nSPS) is 21.4. The van der Waals surface area contributed by atoms with Crippen LogP contribution in [0.5, 0.6) is 5.88 Å². The lowest BCUT2D eigenvalue weighted by atomic mass is 9.92. The highest BCUT2D eigenvalue weighted by atomic mass is 32.2. The minimum atomic E-state index is -4.04. The summed E-state index contributed by atoms with van der Waals surface area (Å²) in [4.78, 5) is 21.8. The first-order valence-corrected chi connectivity index (χ1v) is 12.8. The third-order valence-corrected chi connectivity index (χ3v) is 7.69. The Morgan fingerprint density at radius 1 is 0.971 bits per heavy atom. The predicted octanol–water partition coefficient (Wildman–Crippen LogP) is 3.99. The molecule has 1 fully saturated rings. The zero-order chi connectivity index (χ0) is 23.9. The molecule has 2 atom stereocenters. The van der Waals surface area contributed by atoms with Gasteiger partial charge in [0.25, 0.3) is 15.9 Å². The summed E-state index contributed by atoms with van der Waals surface area (Å²) in [6.45, 7) is 3.96. The van der Waals surface area contributed by atoms with E-state index in [0.29, 0.717) is 5.69 Å². The van der Waals surface area contributed by atoms with Gasteiger partial charge in [-0.2, -0.15) is 4.98 Å². The van der Waals surface area contributed by atoms with E-state index < -0.39 is 10.0 Å². The molecule has 1 aromatic heterocycles. The van der Waals surface area contributed by atoms with E-state index in [0.717, 1.165) is 42.4 Å². The topological polar surface area (TPSA) is 110 Å². The maximum absolute atomic E-state index is 13.1. The van der Waals surface area contributed by atoms with Crippen molar-refractivity contribution in [3.8, 4) is 17.1 Å². The first-order chi connectivity index (χ1) is 16.3. The molecule has 2 heterocycles. The zero-order valence-electron chi connectivity index (χ0n) is 19.0. The minimum Gasteiger partial charge on any atom is -0.472 e. The second-order valence-electron chi connectivity index (χ2n) is 8.84. The number of sulfonamides is 1. The molecule has 4 bridgehead atoms. The number of amides is 1. The van der Waals surface area contributed by atoms with Crippen LogP contribution in [0.1, 0.15) is 47.2 Å². The largest absolute Gasteiger partial charge is 0.472 e. The number of nitrogens with one attached hydrogen (secondary N) is 2. The minimum absolute atomic E-state index is 0.0388. The van der Waals surface area contributed by atoms with Gasteiger partial charge >= 0.3 is 0 Å². The molecule has 2 aliphatic rings. The molecule has 1 amide bonds. The van der Waals surface area contributed by atoms with Gasteiger partial charge in [0.15, 0.2) is 0 Å². The van der Waals surface area contributed by atoms with Gasteiger partial charge in [0.2, 0.25) is 11.8 Å². The first-order valence-electron chi connectivity index (χ1n) is 11.4. The fourth-order valence-corrected chi connectivity index (χ4v) is 5.66. The van der Waals surface area contributed by atoms with E-state index in [1.54, 1.807) is 18.2 Å². The van der Waals surface area contributed by atoms with Gasteiger partial charge < -0.3 is 10.1 Å². The third kappa shape index (κ3) is 4.35. The Morgan fingerprint density at radius 3 is 2.50 bits per heavy atom. The Labute approximate surface area is 198 Å². The molecule has 2 aromatic carbocycles. The van der Waals surface area contributed by atoms with Gasteiger partial charge in [0, 0.05) is 17.2 Å². The highest BCUT2D eigenvalue weighted by Crippen LogP contribution is 2.31. The molecule has 176 valence electrons. The fourth-order valence-electron chi connectivity index (χ4n) is 4.67. The van der Waals surface area contributed by atoms with E-state index in [4.69, 9.17) is 4.74 Å². The summed E-state index contributed by atoms with van der Waals surface area (Å²) in [5.41, 5.74) is 3.75. The zero-order valence-corrected chi connectivity index (χ0v) is 19.9. The highest BCUT2D eigenvalue weighted by Gasteiger charge is 2.30. The molecule has 8 nitrogen and oxygen atoms in total. The fraction of sp³-hybridized carbons (Fsp3) is 0.320. The SMILES string of the molecule is Cc1cccc(C)c1-c1cc2nc(n1)NS(=O)(=O)c1cccc(c1)C(=O)N[C@H]1CCCC[C@H]1O2. The molecule has 0 unspecified atom stereocenters. The second-order valence-corrected chi connectivity index (χ2v) is 10.5. The van der Waals surface area contributed by atoms with Crippen molar-refractivity contribution in [2.45, 2.75) is 56.6 Å². The summed E-state index contributed by atoms with van der Waals surface area (Å²) in [7, 11) is -4.04. The molecule has 1 aliphatic heterocycles. The summed E-state index contributed by atoms with van der Waals surface area (Å²) >= 11 is 0. The van der Waals surface area contributed by atoms with Crippen molar-refractivity contribution in [3.63, 3.8) is 0 Å². The number of carbonyl (C=O) groups excluding carboxylic acids is 1. The second kappa shape index (κ2) is 8.72. The van der Waals surface area contributed by atoms with Gasteiger partial charge in [-0.3, -0.25) is 4.79 Å². The molecule has 5 rings (SSSR count). The van der Waals surface area contributed by atoms with Crippen molar-refractivity contribution in [3.05, 3.63) is 65.2 Å². The van der Waals surface area contributed by atoms with E-state index in [-0.39, 0.29) is 40.3 Å². The van der Waals surface area contributed by atoms with E-state index in [1.165, 1.54) is 12.1 Å². The number of aryl methyl sites for hydroxylation is 2. The molecule has 1 saturated carbocycles. The number of ether oxygens (including phenoxy) is 1. The van der Waals surface area contributed by atoms with Crippen molar-refractivity contribution in [1.82, 2.24) is 15.3 Å². The Hall–Kier alpha value is -3.46. The lowest BCUT2D eigenvalue weighted by molar-refractivity contribution is 0.0785. The van der Waals surface area contributed by atoms with Gasteiger partial charge in [-0.15, -0.1) is 0 Å². The summed E-state index contributed by atoms with van der Waals surface area (Å²) in [6.07, 6.45) is 3.19. The van der Waals surface area contributed by atoms with Crippen molar-refractivity contribution in [1.29, 1.82) is 0 Å². The number of carbonyl (C=O) groups is 1. The molecule has 34 heavy (non-hydrogen) atoms. The van der Waals surface area contributed by atoms with Crippen LogP contribution in [0.3, 0.4) is 0 Å². The number of hydrogen-bond donors (Lipinski definition) is 2. The number of aromatic nitrogens is 2. The Morgan fingerprint density at radius 2 is 1.71 bits per heavy atom. The van der Waals surface area contributed by atoms with Gasteiger partial charge in [-0.05, 0) is 62.4 Å². The van der Waals surface area contributed by atoms with Crippen LogP contribution in [-0.2, 0) is 10.0 Å². The van der Waals surface area contributed by atoms with Crippen LogP contribution in [0.4, 0.5) is 5.95 Å². The number of hydrogen-bond acceptors (Lipinski definition) is 6. The van der Waals surface area contributed by atoms with Crippen LogP contribution in [0.25, 0.3) is 11.3 Å². The average molecular weight is 479 g/mol. The number of nitrogens with zero attached hydrogens (tertiary/aromatic N) is 2. The van der Waals surface area contributed by atoms with Crippen LogP contribution < -0.4 is 14.8 Å². The monoisotopic (exact) mass is 478 g/mol. The smallest absolute Gasteiger partial charge is 0.264 e. The van der Waals surface area contributed by atoms with E-state index in [9.17, 15) is 13.2 Å². The van der Waals surface area contributed by atoms with Gasteiger partial charge in [0.05, 0.1) is 16.6 Å². The maximum Gasteiger partial charge on any atom is 0.264 e. The molecule has 0 saturated heterocycles. The quantitative estimate of drug-likeness (QED) is 0.547. The van der Waals surface area contributed by atoms with Crippen LogP contribution in [0.15, 0.2) is 53.4 Å². The molecular weight excluding hydrogens is 452 g/mol. The van der Waals surface area contributed by atoms with Crippen molar-refractivity contribution < 1.29 is 17.9 Å². The first kappa shape index (κ1) is 22.3. The summed E-state index contributed by atoms with van der Waals surface area (Å²) < 4.78 is 35.1. The molecule has 0 spiro atoms. The molecular formula is C25H26N4O4S. The van der Waals surface area contributed by atoms with Crippen LogP contribution >= 0.6 is 0 Å². The standard InChI is InChI=1S/C25H26N4O4S/c1-15-7-5-8-16(2)23(15)20-14-22-28-25(27-20)29-34(31,32)18-10-6-9-17(13-18)24(30)26-19-11-3-4-12-21(19)33-22/h5-10,13-14,19,21H,3-4,11-12H2,1-2H3,(H,26,30)(H,27,28,29)/t19-,21+/m0/s1. The summed E-state index contributed by atoms with van der Waals surface area (Å²) in [5.74, 6) is -0.139. The maximum atomic E-state index is 13.1. The molecule has 9 heteroatoms. The van der Waals surface area contributed by atoms with Crippen LogP contribution in [0, 0.1) is 13.8 Å². The van der Waals surface area contributed by atoms with Gasteiger partial charge in [-0.1, -0.05) is 30.7 Å². The van der Waals surface area contributed by atoms with Crippen molar-refractivity contribution >= 4 is 21.9 Å². The van der Waals surface area contributed by atoms with Gasteiger partial charge in [0.1, 0.15) is 6.10 Å². The van der Waals surface area contributed by atoms with E-state index in [2.05, 4.69) is 20.0 Å². The Balaban J connectivity index is 1.68. The number of benzene rings is 2. The van der Waals surface area contributed by atoms with Crippen molar-refractivity contribution in [2.24, 2.45) is 0 Å². The van der Waals surface area contributed by atoms with E-state index in [1.807, 2.05) is 32.0 Å². The number of rotatable bonds is 1. The highest BCUT2D eigenvalue weighted by molar-refractivity contribution is 7.92. The molecule has 0 radical (unpaired) electrons. The predicted molar refractivity (Wildman–Crippen MR) is 128 cm³/mol. The lowest BCUT2D eigenvalue weighted by Gasteiger charge is -2.32. The average Bonchev–Trinajstić information content (AvgIpc) is 2.79. The molecule has 2 N–H and O–H groups in total. The molecule has 1 aliphatic carbocycles. The third-order valence-electron chi connectivity index (χ3n) is 6.36. The Bertz CT molecular complexity index is 1350. The molecule has 3 aromatic rings. The Kier molecular flexibility index (Phi) is 5.73. The van der Waals surface area contributed by atoms with Crippen molar-refractivity contribution in [2.75, 3.05) is 4.72 Å². The van der Waals surface area contributed by atoms with Crippen LogP contribution in [0.2, 0.25) is 0 Å². The van der Waals surface area contributed by atoms with Crippen LogP contribution in [-0.4, -0.2) is 36.4 Å². The van der Waals surface area contributed by atoms with Gasteiger partial charge in [-0.25, -0.2) is 18.1 Å². The van der Waals surface area contributed by atoms with E-state index >= 15 is 0 Å². The lowest BCUT2D eigenvalue weighted by Crippen LogP contribution is -2.47. The summed E-state index contributed by atoms with van der Waals surface area (Å²) in [5, 5.41) is 3.04. The summed E-state index contributed by atoms with van der Waals surface area (Å²) in [6, 6.07) is 13.4.